The van der Waals surface area contributed by atoms with Crippen LogP contribution in [0.5, 0.6) is 11.5 Å². The first kappa shape index (κ1) is 16.1. The van der Waals surface area contributed by atoms with Crippen LogP contribution in [0.3, 0.4) is 0 Å². The standard InChI is InChI=1S/C19H19NO4/c1-12-4-6-14(7-5-12)10-20-16-8-15(11-21)9-17(23-3)18(16)24-13(2)19(20)22/h4-9,11,13H,10H2,1-3H3. The topological polar surface area (TPSA) is 55.8 Å². The summed E-state index contributed by atoms with van der Waals surface area (Å²) in [6.07, 6.45) is 0.119. The smallest absolute Gasteiger partial charge is 0.268 e. The van der Waals surface area contributed by atoms with Crippen molar-refractivity contribution in [2.24, 2.45) is 0 Å². The molecule has 24 heavy (non-hydrogen) atoms. The number of nitrogens with zero attached hydrogens (tertiary/aromatic N) is 1. The molecule has 2 aromatic rings. The summed E-state index contributed by atoms with van der Waals surface area (Å²) in [4.78, 5) is 25.5. The Balaban J connectivity index is 2.07. The third-order valence-corrected chi connectivity index (χ3v) is 4.07. The summed E-state index contributed by atoms with van der Waals surface area (Å²) in [5, 5.41) is 0. The van der Waals surface area contributed by atoms with Gasteiger partial charge in [0.2, 0.25) is 0 Å². The fraction of sp³-hybridized carbons (Fsp3) is 0.263. The number of rotatable bonds is 4. The highest BCUT2D eigenvalue weighted by atomic mass is 16.5. The van der Waals surface area contributed by atoms with Gasteiger partial charge in [0.25, 0.3) is 5.91 Å². The van der Waals surface area contributed by atoms with Gasteiger partial charge >= 0.3 is 0 Å². The number of fused-ring (bicyclic) bond motifs is 1. The number of aldehydes is 1. The first-order valence-electron chi connectivity index (χ1n) is 7.74. The van der Waals surface area contributed by atoms with Crippen LogP contribution in [0.2, 0.25) is 0 Å². The zero-order valence-corrected chi connectivity index (χ0v) is 13.9. The van der Waals surface area contributed by atoms with E-state index >= 15 is 0 Å². The molecule has 1 atom stereocenters. The van der Waals surface area contributed by atoms with Crippen molar-refractivity contribution in [1.29, 1.82) is 0 Å². The Morgan fingerprint density at radius 2 is 1.96 bits per heavy atom. The van der Waals surface area contributed by atoms with Crippen molar-refractivity contribution in [3.05, 3.63) is 53.1 Å². The maximum atomic E-state index is 12.6. The molecule has 3 rings (SSSR count). The Morgan fingerprint density at radius 1 is 1.25 bits per heavy atom. The van der Waals surface area contributed by atoms with Crippen molar-refractivity contribution in [2.75, 3.05) is 12.0 Å². The van der Waals surface area contributed by atoms with E-state index in [1.807, 2.05) is 31.2 Å². The second kappa shape index (κ2) is 6.35. The highest BCUT2D eigenvalue weighted by Gasteiger charge is 2.34. The van der Waals surface area contributed by atoms with Gasteiger partial charge in [-0.25, -0.2) is 0 Å². The second-order valence-corrected chi connectivity index (χ2v) is 5.86. The molecule has 0 fully saturated rings. The number of ether oxygens (including phenoxy) is 2. The summed E-state index contributed by atoms with van der Waals surface area (Å²) in [6, 6.07) is 11.3. The number of carbonyl (C=O) groups excluding carboxylic acids is 2. The monoisotopic (exact) mass is 325 g/mol. The van der Waals surface area contributed by atoms with Gasteiger partial charge in [0.05, 0.1) is 19.3 Å². The predicted molar refractivity (Wildman–Crippen MR) is 90.8 cm³/mol. The molecule has 2 aromatic carbocycles. The molecule has 5 nitrogen and oxygen atoms in total. The lowest BCUT2D eigenvalue weighted by Crippen LogP contribution is -2.44. The van der Waals surface area contributed by atoms with Crippen LogP contribution in [0.25, 0.3) is 0 Å². The number of hydrogen-bond acceptors (Lipinski definition) is 4. The molecule has 0 aromatic heterocycles. The van der Waals surface area contributed by atoms with Crippen molar-refractivity contribution in [3.8, 4) is 11.5 Å². The Hall–Kier alpha value is -2.82. The van der Waals surface area contributed by atoms with Gasteiger partial charge in [0, 0.05) is 5.56 Å². The van der Waals surface area contributed by atoms with Gasteiger partial charge in [-0.15, -0.1) is 0 Å². The fourth-order valence-electron chi connectivity index (χ4n) is 2.75. The largest absolute Gasteiger partial charge is 0.493 e. The molecule has 1 amide bonds. The number of carbonyl (C=O) groups is 2. The third kappa shape index (κ3) is 2.85. The van der Waals surface area contributed by atoms with E-state index in [2.05, 4.69) is 0 Å². The summed E-state index contributed by atoms with van der Waals surface area (Å²) in [6.45, 7) is 4.13. The molecule has 0 N–H and O–H groups in total. The quantitative estimate of drug-likeness (QED) is 0.811. The number of amides is 1. The molecule has 0 radical (unpaired) electrons. The van der Waals surface area contributed by atoms with Gasteiger partial charge in [-0.2, -0.15) is 0 Å². The van der Waals surface area contributed by atoms with Gasteiger partial charge in [-0.3, -0.25) is 9.59 Å². The van der Waals surface area contributed by atoms with E-state index in [1.54, 1.807) is 24.0 Å². The van der Waals surface area contributed by atoms with Crippen LogP contribution in [0.1, 0.15) is 28.4 Å². The van der Waals surface area contributed by atoms with Crippen LogP contribution in [0.15, 0.2) is 36.4 Å². The number of hydrogen-bond donors (Lipinski definition) is 0. The maximum absolute atomic E-state index is 12.6. The van der Waals surface area contributed by atoms with E-state index in [1.165, 1.54) is 7.11 Å². The van der Waals surface area contributed by atoms with Crippen LogP contribution in [0.4, 0.5) is 5.69 Å². The van der Waals surface area contributed by atoms with Crippen LogP contribution >= 0.6 is 0 Å². The van der Waals surface area contributed by atoms with Crippen molar-refractivity contribution in [1.82, 2.24) is 0 Å². The Bertz CT molecular complexity index is 783. The Morgan fingerprint density at radius 3 is 2.58 bits per heavy atom. The normalized spacial score (nSPS) is 16.4. The molecular weight excluding hydrogens is 306 g/mol. The van der Waals surface area contributed by atoms with Crippen LogP contribution in [0, 0.1) is 6.92 Å². The molecule has 1 aliphatic heterocycles. The zero-order valence-electron chi connectivity index (χ0n) is 13.9. The van der Waals surface area contributed by atoms with Crippen LogP contribution < -0.4 is 14.4 Å². The predicted octanol–water partition coefficient (Wildman–Crippen LogP) is 3.13. The van der Waals surface area contributed by atoms with E-state index in [0.717, 1.165) is 17.4 Å². The van der Waals surface area contributed by atoms with Gasteiger partial charge < -0.3 is 14.4 Å². The molecule has 1 unspecified atom stereocenters. The van der Waals surface area contributed by atoms with Crippen molar-refractivity contribution < 1.29 is 19.1 Å². The molecular formula is C19H19NO4. The van der Waals surface area contributed by atoms with Gasteiger partial charge in [-0.1, -0.05) is 29.8 Å². The van der Waals surface area contributed by atoms with Crippen molar-refractivity contribution in [3.63, 3.8) is 0 Å². The summed E-state index contributed by atoms with van der Waals surface area (Å²) in [5.74, 6) is 0.790. The summed E-state index contributed by atoms with van der Waals surface area (Å²) >= 11 is 0. The third-order valence-electron chi connectivity index (χ3n) is 4.07. The minimum Gasteiger partial charge on any atom is -0.493 e. The summed E-state index contributed by atoms with van der Waals surface area (Å²) in [5.41, 5.74) is 3.15. The van der Waals surface area contributed by atoms with E-state index in [4.69, 9.17) is 9.47 Å². The van der Waals surface area contributed by atoms with E-state index in [9.17, 15) is 9.59 Å². The number of aryl methyl sites for hydroxylation is 1. The second-order valence-electron chi connectivity index (χ2n) is 5.86. The number of methoxy groups -OCH3 is 1. The molecule has 1 heterocycles. The lowest BCUT2D eigenvalue weighted by molar-refractivity contribution is -0.125. The minimum atomic E-state index is -0.612. The Labute approximate surface area is 140 Å². The Kier molecular flexibility index (Phi) is 4.25. The zero-order chi connectivity index (χ0) is 17.3. The number of benzene rings is 2. The maximum Gasteiger partial charge on any atom is 0.268 e. The van der Waals surface area contributed by atoms with Gasteiger partial charge in [0.15, 0.2) is 17.6 Å². The lowest BCUT2D eigenvalue weighted by atomic mass is 10.1. The van der Waals surface area contributed by atoms with E-state index in [-0.39, 0.29) is 5.91 Å². The molecule has 5 heteroatoms. The van der Waals surface area contributed by atoms with E-state index in [0.29, 0.717) is 29.3 Å². The summed E-state index contributed by atoms with van der Waals surface area (Å²) < 4.78 is 11.1. The molecule has 0 saturated heterocycles. The first-order valence-corrected chi connectivity index (χ1v) is 7.74. The fourth-order valence-corrected chi connectivity index (χ4v) is 2.75. The van der Waals surface area contributed by atoms with Crippen molar-refractivity contribution in [2.45, 2.75) is 26.5 Å². The average Bonchev–Trinajstić information content (AvgIpc) is 2.60. The van der Waals surface area contributed by atoms with Crippen LogP contribution in [-0.4, -0.2) is 25.4 Å². The van der Waals surface area contributed by atoms with Gasteiger partial charge in [0.1, 0.15) is 6.29 Å². The molecule has 0 spiro atoms. The van der Waals surface area contributed by atoms with Gasteiger partial charge in [-0.05, 0) is 31.5 Å². The average molecular weight is 325 g/mol. The van der Waals surface area contributed by atoms with E-state index < -0.39 is 6.10 Å². The van der Waals surface area contributed by atoms with Crippen molar-refractivity contribution >= 4 is 17.9 Å². The molecule has 0 aliphatic carbocycles. The van der Waals surface area contributed by atoms with Crippen LogP contribution in [-0.2, 0) is 11.3 Å². The molecule has 1 aliphatic rings. The number of anilines is 1. The lowest BCUT2D eigenvalue weighted by Gasteiger charge is -2.34. The highest BCUT2D eigenvalue weighted by molar-refractivity contribution is 6.01. The molecule has 0 bridgehead atoms. The molecule has 124 valence electrons. The molecule has 0 saturated carbocycles. The first-order chi connectivity index (χ1) is 11.5. The minimum absolute atomic E-state index is 0.145. The summed E-state index contributed by atoms with van der Waals surface area (Å²) in [7, 11) is 1.51. The highest BCUT2D eigenvalue weighted by Crippen LogP contribution is 2.43. The SMILES string of the molecule is COc1cc(C=O)cc2c1OC(C)C(=O)N2Cc1ccc(C)cc1.